The Morgan fingerprint density at radius 2 is 1.90 bits per heavy atom. The number of aliphatic imine (C=N–C) groups is 1. The SMILES string of the molecule is C=C(N=C1C=C(C(C)(C)COC)C(CC)CO1)C(C)(C)Sc1ccc2c(c1)nc(CC(C)(C)C)n2CC1CC1. The van der Waals surface area contributed by atoms with E-state index in [2.05, 4.69) is 90.8 Å². The largest absolute Gasteiger partial charge is 0.477 e. The van der Waals surface area contributed by atoms with E-state index >= 15 is 0 Å². The minimum Gasteiger partial charge on any atom is -0.477 e. The van der Waals surface area contributed by atoms with Crippen molar-refractivity contribution < 1.29 is 9.47 Å². The molecule has 1 aromatic carbocycles. The van der Waals surface area contributed by atoms with Crippen LogP contribution in [0.4, 0.5) is 0 Å². The summed E-state index contributed by atoms with van der Waals surface area (Å²) in [5.74, 6) is 3.04. The summed E-state index contributed by atoms with van der Waals surface area (Å²) in [7, 11) is 1.76. The average Bonchev–Trinajstić information content (AvgIpc) is 3.60. The van der Waals surface area contributed by atoms with Gasteiger partial charge in [-0.1, -0.05) is 53.7 Å². The third-order valence-electron chi connectivity index (χ3n) is 7.87. The molecule has 1 fully saturated rings. The minimum atomic E-state index is -0.313. The lowest BCUT2D eigenvalue weighted by Gasteiger charge is -2.35. The molecule has 1 aromatic heterocycles. The molecule has 0 amide bonds. The molecule has 2 aromatic rings. The van der Waals surface area contributed by atoms with Crippen molar-refractivity contribution in [1.82, 2.24) is 9.55 Å². The Morgan fingerprint density at radius 3 is 2.51 bits per heavy atom. The quantitative estimate of drug-likeness (QED) is 0.263. The van der Waals surface area contributed by atoms with Gasteiger partial charge in [-0.25, -0.2) is 9.98 Å². The molecule has 0 bridgehead atoms. The summed E-state index contributed by atoms with van der Waals surface area (Å²) in [6, 6.07) is 6.73. The van der Waals surface area contributed by atoms with Crippen molar-refractivity contribution in [2.24, 2.45) is 27.7 Å². The summed E-state index contributed by atoms with van der Waals surface area (Å²) >= 11 is 1.78. The Morgan fingerprint density at radius 1 is 1.18 bits per heavy atom. The Balaban J connectivity index is 1.56. The first kappa shape index (κ1) is 29.9. The average molecular weight is 552 g/mol. The molecule has 5 nitrogen and oxygen atoms in total. The third-order valence-corrected chi connectivity index (χ3v) is 9.10. The van der Waals surface area contributed by atoms with E-state index in [-0.39, 0.29) is 15.6 Å². The zero-order chi connectivity index (χ0) is 28.6. The van der Waals surface area contributed by atoms with E-state index in [0.29, 0.717) is 25.0 Å². The zero-order valence-electron chi connectivity index (χ0n) is 25.7. The number of hydrogen-bond donors (Lipinski definition) is 0. The molecule has 2 heterocycles. The summed E-state index contributed by atoms with van der Waals surface area (Å²) in [4.78, 5) is 11.2. The van der Waals surface area contributed by atoms with Crippen LogP contribution in [0.3, 0.4) is 0 Å². The number of rotatable bonds is 11. The Kier molecular flexibility index (Phi) is 8.78. The summed E-state index contributed by atoms with van der Waals surface area (Å²) in [6.07, 6.45) is 6.81. The van der Waals surface area contributed by atoms with Crippen LogP contribution in [0, 0.1) is 22.7 Å². The lowest BCUT2D eigenvalue weighted by Crippen LogP contribution is -2.32. The molecule has 0 N–H and O–H groups in total. The summed E-state index contributed by atoms with van der Waals surface area (Å²) in [6.45, 7) is 24.7. The molecule has 1 atom stereocenters. The van der Waals surface area contributed by atoms with Crippen molar-refractivity contribution in [2.45, 2.75) is 97.3 Å². The van der Waals surface area contributed by atoms with Gasteiger partial charge in [-0.05, 0) is 62.6 Å². The molecular formula is C33H49N3O2S. The number of ether oxygens (including phenoxy) is 2. The molecule has 1 aliphatic heterocycles. The van der Waals surface area contributed by atoms with Gasteiger partial charge >= 0.3 is 0 Å². The number of fused-ring (bicyclic) bond motifs is 1. The van der Waals surface area contributed by atoms with E-state index in [0.717, 1.165) is 36.5 Å². The summed E-state index contributed by atoms with van der Waals surface area (Å²) in [5.41, 5.74) is 4.60. The molecule has 1 unspecified atom stereocenters. The van der Waals surface area contributed by atoms with Crippen molar-refractivity contribution in [3.05, 3.63) is 47.9 Å². The highest BCUT2D eigenvalue weighted by atomic mass is 32.2. The zero-order valence-corrected chi connectivity index (χ0v) is 26.5. The maximum atomic E-state index is 6.10. The smallest absolute Gasteiger partial charge is 0.213 e. The van der Waals surface area contributed by atoms with E-state index < -0.39 is 0 Å². The van der Waals surface area contributed by atoms with Crippen LogP contribution in [-0.4, -0.2) is 40.5 Å². The second-order valence-electron chi connectivity index (χ2n) is 13.8. The first-order valence-corrected chi connectivity index (χ1v) is 15.3. The van der Waals surface area contributed by atoms with Crippen LogP contribution < -0.4 is 0 Å². The number of nitrogens with zero attached hydrogens (tertiary/aromatic N) is 3. The van der Waals surface area contributed by atoms with E-state index in [9.17, 15) is 0 Å². The molecule has 4 rings (SSSR count). The van der Waals surface area contributed by atoms with E-state index in [1.165, 1.54) is 34.7 Å². The molecule has 39 heavy (non-hydrogen) atoms. The molecule has 0 spiro atoms. The van der Waals surface area contributed by atoms with Gasteiger partial charge in [0.1, 0.15) is 5.82 Å². The van der Waals surface area contributed by atoms with Crippen LogP contribution in [0.15, 0.2) is 52.0 Å². The fourth-order valence-corrected chi connectivity index (χ4v) is 6.44. The first-order chi connectivity index (χ1) is 18.2. The van der Waals surface area contributed by atoms with Crippen molar-refractivity contribution >= 4 is 28.7 Å². The highest BCUT2D eigenvalue weighted by Crippen LogP contribution is 2.41. The number of benzene rings is 1. The van der Waals surface area contributed by atoms with Crippen LogP contribution in [0.25, 0.3) is 11.0 Å². The van der Waals surface area contributed by atoms with Gasteiger partial charge in [-0.3, -0.25) is 0 Å². The summed E-state index contributed by atoms with van der Waals surface area (Å²) in [5, 5.41) is 0. The minimum absolute atomic E-state index is 0.0737. The maximum Gasteiger partial charge on any atom is 0.213 e. The highest BCUT2D eigenvalue weighted by molar-refractivity contribution is 8.00. The van der Waals surface area contributed by atoms with Crippen molar-refractivity contribution in [3.63, 3.8) is 0 Å². The lowest BCUT2D eigenvalue weighted by molar-refractivity contribution is 0.110. The first-order valence-electron chi connectivity index (χ1n) is 14.5. The van der Waals surface area contributed by atoms with Gasteiger partial charge in [0.15, 0.2) is 0 Å². The fourth-order valence-electron chi connectivity index (χ4n) is 5.38. The van der Waals surface area contributed by atoms with Crippen molar-refractivity contribution in [3.8, 4) is 0 Å². The molecular weight excluding hydrogens is 502 g/mol. The van der Waals surface area contributed by atoms with Crippen LogP contribution in [-0.2, 0) is 22.4 Å². The summed E-state index contributed by atoms with van der Waals surface area (Å²) < 4.78 is 13.8. The highest BCUT2D eigenvalue weighted by Gasteiger charge is 2.33. The van der Waals surface area contributed by atoms with Crippen LogP contribution in [0.2, 0.25) is 0 Å². The molecule has 214 valence electrons. The van der Waals surface area contributed by atoms with Gasteiger partial charge in [-0.15, -0.1) is 11.8 Å². The van der Waals surface area contributed by atoms with Crippen LogP contribution in [0.5, 0.6) is 0 Å². The predicted molar refractivity (Wildman–Crippen MR) is 166 cm³/mol. The van der Waals surface area contributed by atoms with E-state index in [4.69, 9.17) is 19.5 Å². The molecule has 2 aliphatic rings. The third kappa shape index (κ3) is 7.38. The molecule has 0 saturated heterocycles. The standard InChI is InChI=1S/C33H49N3O2S/c1-11-24-20-38-30(17-26(24)32(6,7)21-37-10)34-22(2)33(8,9)39-25-14-15-28-27(16-25)35-29(18-31(3,4)5)36(28)19-23-12-13-23/h14-17,23-24H,2,11-13,18-21H2,1,3-10H3. The molecule has 1 saturated carbocycles. The van der Waals surface area contributed by atoms with Gasteiger partial charge < -0.3 is 14.0 Å². The second kappa shape index (κ2) is 11.4. The van der Waals surface area contributed by atoms with Crippen LogP contribution >= 0.6 is 11.8 Å². The van der Waals surface area contributed by atoms with Gasteiger partial charge in [0.25, 0.3) is 0 Å². The van der Waals surface area contributed by atoms with Gasteiger partial charge in [0, 0.05) is 42.4 Å². The maximum absolute atomic E-state index is 6.10. The number of hydrogen-bond acceptors (Lipinski definition) is 5. The van der Waals surface area contributed by atoms with Gasteiger partial charge in [-0.2, -0.15) is 0 Å². The van der Waals surface area contributed by atoms with E-state index in [1.54, 1.807) is 18.9 Å². The number of aromatic nitrogens is 2. The second-order valence-corrected chi connectivity index (χ2v) is 15.5. The van der Waals surface area contributed by atoms with E-state index in [1.807, 2.05) is 0 Å². The Labute approximate surface area is 240 Å². The van der Waals surface area contributed by atoms with Gasteiger partial charge in [0.2, 0.25) is 5.90 Å². The lowest BCUT2D eigenvalue weighted by atomic mass is 9.76. The van der Waals surface area contributed by atoms with Crippen molar-refractivity contribution in [2.75, 3.05) is 20.3 Å². The van der Waals surface area contributed by atoms with Crippen molar-refractivity contribution in [1.29, 1.82) is 0 Å². The molecule has 0 radical (unpaired) electrons. The number of methoxy groups -OCH3 is 1. The molecule has 6 heteroatoms. The van der Waals surface area contributed by atoms with Gasteiger partial charge in [0.05, 0.1) is 34.7 Å². The Bertz CT molecular complexity index is 1260. The number of imidazole rings is 1. The molecule has 1 aliphatic carbocycles. The van der Waals surface area contributed by atoms with Crippen LogP contribution in [0.1, 0.15) is 80.5 Å². The number of thioether (sulfide) groups is 1. The topological polar surface area (TPSA) is 48.6 Å². The monoisotopic (exact) mass is 551 g/mol. The predicted octanol–water partition coefficient (Wildman–Crippen LogP) is 8.47. The Hall–Kier alpha value is -2.05. The normalized spacial score (nSPS) is 19.9. The fraction of sp³-hybridized carbons (Fsp3) is 0.636.